The molecule has 0 bridgehead atoms. The third-order valence-electron chi connectivity index (χ3n) is 11.0. The summed E-state index contributed by atoms with van der Waals surface area (Å²) in [6, 6.07) is 0. The first-order valence-corrected chi connectivity index (χ1v) is 14.2. The van der Waals surface area contributed by atoms with E-state index in [1.54, 1.807) is 5.57 Å². The number of nitrogens with two attached hydrogens (primary N) is 2. The number of allylic oxidation sites excluding steroid dienone is 1. The van der Waals surface area contributed by atoms with E-state index >= 15 is 0 Å². The lowest BCUT2D eigenvalue weighted by atomic mass is 9.44. The summed E-state index contributed by atoms with van der Waals surface area (Å²) in [7, 11) is 1.50. The van der Waals surface area contributed by atoms with E-state index in [1.165, 1.54) is 77.7 Å². The van der Waals surface area contributed by atoms with Crippen molar-refractivity contribution in [3.05, 3.63) is 11.6 Å². The zero-order valence-corrected chi connectivity index (χ0v) is 22.7. The van der Waals surface area contributed by atoms with Gasteiger partial charge in [0.1, 0.15) is 0 Å². The molecule has 0 aromatic carbocycles. The van der Waals surface area contributed by atoms with Gasteiger partial charge in [-0.15, -0.1) is 0 Å². The molecule has 7 atom stereocenters. The second kappa shape index (κ2) is 10.1. The molecule has 4 rings (SSSR count). The number of hydrogen-bond acceptors (Lipinski definition) is 2. The quantitative estimate of drug-likeness (QED) is 0.325. The van der Waals surface area contributed by atoms with Gasteiger partial charge in [0.25, 0.3) is 0 Å². The molecule has 0 radical (unpaired) electrons. The first-order chi connectivity index (χ1) is 15.1. The molecule has 0 saturated heterocycles. The summed E-state index contributed by atoms with van der Waals surface area (Å²) < 4.78 is 0. The molecule has 4 aliphatic carbocycles. The van der Waals surface area contributed by atoms with Crippen LogP contribution >= 0.6 is 0 Å². The fraction of sp³-hybridized carbons (Fsp3) is 0.933. The predicted molar refractivity (Wildman–Crippen MR) is 140 cm³/mol. The SMILES string of the molecule is CC(C)CCCCC1CCC2C1(C)CCC1C3(C)CCC(C(C)C)CC3=CCC12N.CN. The van der Waals surface area contributed by atoms with Gasteiger partial charge in [0.15, 0.2) is 0 Å². The Hall–Kier alpha value is -0.340. The minimum atomic E-state index is 0.0581. The Morgan fingerprint density at radius 2 is 1.66 bits per heavy atom. The highest BCUT2D eigenvalue weighted by Gasteiger charge is 2.63. The molecule has 0 aromatic heterocycles. The average Bonchev–Trinajstić information content (AvgIpc) is 3.09. The summed E-state index contributed by atoms with van der Waals surface area (Å²) in [4.78, 5) is 0. The number of fused-ring (bicyclic) bond motifs is 5. The second-order valence-electron chi connectivity index (χ2n) is 13.3. The van der Waals surface area contributed by atoms with Gasteiger partial charge in [-0.25, -0.2) is 0 Å². The van der Waals surface area contributed by atoms with E-state index in [4.69, 9.17) is 5.73 Å². The van der Waals surface area contributed by atoms with Crippen LogP contribution in [0.25, 0.3) is 0 Å². The molecule has 4 aliphatic rings. The molecular weight excluding hydrogens is 388 g/mol. The van der Waals surface area contributed by atoms with Crippen LogP contribution in [0.15, 0.2) is 11.6 Å². The summed E-state index contributed by atoms with van der Waals surface area (Å²) in [6.45, 7) is 14.9. The summed E-state index contributed by atoms with van der Waals surface area (Å²) in [5, 5.41) is 0. The van der Waals surface area contributed by atoms with E-state index in [0.29, 0.717) is 10.8 Å². The molecule has 0 amide bonds. The smallest absolute Gasteiger partial charge is 0.0260 e. The molecule has 4 N–H and O–H groups in total. The van der Waals surface area contributed by atoms with E-state index in [0.717, 1.165) is 41.9 Å². The Morgan fingerprint density at radius 3 is 2.31 bits per heavy atom. The highest BCUT2D eigenvalue weighted by Crippen LogP contribution is 2.67. The van der Waals surface area contributed by atoms with Gasteiger partial charge in [-0.2, -0.15) is 0 Å². The molecule has 0 aliphatic heterocycles. The number of rotatable bonds is 6. The molecule has 7 unspecified atom stereocenters. The minimum Gasteiger partial charge on any atom is -0.333 e. The Morgan fingerprint density at radius 1 is 0.938 bits per heavy atom. The van der Waals surface area contributed by atoms with Crippen LogP contribution in [0.3, 0.4) is 0 Å². The van der Waals surface area contributed by atoms with Gasteiger partial charge < -0.3 is 11.5 Å². The molecule has 2 heteroatoms. The Labute approximate surface area is 200 Å². The molecule has 32 heavy (non-hydrogen) atoms. The van der Waals surface area contributed by atoms with Crippen molar-refractivity contribution in [2.24, 2.45) is 57.8 Å². The Kier molecular flexibility index (Phi) is 8.30. The van der Waals surface area contributed by atoms with Crippen LogP contribution in [0.2, 0.25) is 0 Å². The van der Waals surface area contributed by atoms with Crippen molar-refractivity contribution in [2.45, 2.75) is 124 Å². The van der Waals surface area contributed by atoms with E-state index in [2.05, 4.69) is 53.4 Å². The Bertz CT molecular complexity index is 651. The van der Waals surface area contributed by atoms with Crippen molar-refractivity contribution in [3.8, 4) is 0 Å². The van der Waals surface area contributed by atoms with Gasteiger partial charge in [-0.1, -0.05) is 72.5 Å². The van der Waals surface area contributed by atoms with Crippen LogP contribution in [-0.4, -0.2) is 12.6 Å². The highest BCUT2D eigenvalue weighted by atomic mass is 14.9. The lowest BCUT2D eigenvalue weighted by molar-refractivity contribution is -0.0651. The monoisotopic (exact) mass is 444 g/mol. The van der Waals surface area contributed by atoms with Crippen molar-refractivity contribution < 1.29 is 0 Å². The van der Waals surface area contributed by atoms with Gasteiger partial charge in [0, 0.05) is 5.54 Å². The van der Waals surface area contributed by atoms with Crippen molar-refractivity contribution >= 4 is 0 Å². The lowest BCUT2D eigenvalue weighted by Gasteiger charge is -2.63. The van der Waals surface area contributed by atoms with Crippen molar-refractivity contribution in [2.75, 3.05) is 7.05 Å². The van der Waals surface area contributed by atoms with Gasteiger partial charge in [-0.3, -0.25) is 0 Å². The normalized spacial score (nSPS) is 43.2. The van der Waals surface area contributed by atoms with Crippen LogP contribution in [-0.2, 0) is 0 Å². The largest absolute Gasteiger partial charge is 0.333 e. The van der Waals surface area contributed by atoms with Crippen LogP contribution in [0, 0.1) is 46.3 Å². The predicted octanol–water partition coefficient (Wildman–Crippen LogP) is 7.71. The van der Waals surface area contributed by atoms with Crippen molar-refractivity contribution in [3.63, 3.8) is 0 Å². The first kappa shape index (κ1) is 26.3. The average molecular weight is 445 g/mol. The Balaban J connectivity index is 0.00000141. The zero-order valence-electron chi connectivity index (χ0n) is 22.7. The topological polar surface area (TPSA) is 52.0 Å². The maximum absolute atomic E-state index is 7.53. The van der Waals surface area contributed by atoms with Crippen molar-refractivity contribution in [1.29, 1.82) is 0 Å². The standard InChI is InChI=1S/C29H51N.CH5N/c1-20(2)9-7-8-10-23-11-12-25-27(23,5)17-15-26-28(6)16-13-22(21(3)4)19-24(28)14-18-29(25,26)30;1-2/h14,20-23,25-26H,7-13,15-19,30H2,1-6H3;2H2,1H3. The van der Waals surface area contributed by atoms with E-state index < -0.39 is 0 Å². The van der Waals surface area contributed by atoms with Crippen LogP contribution in [0.4, 0.5) is 0 Å². The molecule has 186 valence electrons. The summed E-state index contributed by atoms with van der Waals surface area (Å²) in [6.07, 6.45) is 19.3. The lowest BCUT2D eigenvalue weighted by Crippen LogP contribution is -2.66. The molecule has 2 nitrogen and oxygen atoms in total. The summed E-state index contributed by atoms with van der Waals surface area (Å²) in [5.41, 5.74) is 14.8. The molecule has 0 heterocycles. The fourth-order valence-corrected chi connectivity index (χ4v) is 9.00. The maximum atomic E-state index is 7.53. The molecule has 0 spiro atoms. The van der Waals surface area contributed by atoms with E-state index in [-0.39, 0.29) is 5.54 Å². The third-order valence-corrected chi connectivity index (χ3v) is 11.0. The number of hydrogen-bond donors (Lipinski definition) is 2. The molecule has 3 fully saturated rings. The highest BCUT2D eigenvalue weighted by molar-refractivity contribution is 5.30. The van der Waals surface area contributed by atoms with Crippen LogP contribution < -0.4 is 11.5 Å². The third kappa shape index (κ3) is 4.49. The van der Waals surface area contributed by atoms with E-state index in [1.807, 2.05) is 0 Å². The van der Waals surface area contributed by atoms with Gasteiger partial charge >= 0.3 is 0 Å². The maximum Gasteiger partial charge on any atom is 0.0260 e. The minimum absolute atomic E-state index is 0.0581. The van der Waals surface area contributed by atoms with Gasteiger partial charge in [0.05, 0.1) is 0 Å². The van der Waals surface area contributed by atoms with Crippen LogP contribution in [0.5, 0.6) is 0 Å². The molecular formula is C30H56N2. The second-order valence-corrected chi connectivity index (χ2v) is 13.3. The van der Waals surface area contributed by atoms with Crippen LogP contribution in [0.1, 0.15) is 119 Å². The summed E-state index contributed by atoms with van der Waals surface area (Å²) >= 11 is 0. The fourth-order valence-electron chi connectivity index (χ4n) is 9.00. The van der Waals surface area contributed by atoms with Gasteiger partial charge in [-0.05, 0) is 111 Å². The van der Waals surface area contributed by atoms with Crippen molar-refractivity contribution in [1.82, 2.24) is 0 Å². The molecule has 0 aromatic rings. The van der Waals surface area contributed by atoms with E-state index in [9.17, 15) is 0 Å². The molecule has 3 saturated carbocycles. The zero-order chi connectivity index (χ0) is 23.7. The first-order valence-electron chi connectivity index (χ1n) is 14.2. The number of unbranched alkanes of at least 4 members (excludes halogenated alkanes) is 1. The summed E-state index contributed by atoms with van der Waals surface area (Å²) in [5.74, 6) is 4.96. The van der Waals surface area contributed by atoms with Gasteiger partial charge in [0.2, 0.25) is 0 Å².